The minimum atomic E-state index is -1.14. The Morgan fingerprint density at radius 2 is 1.70 bits per heavy atom. The van der Waals surface area contributed by atoms with Crippen molar-refractivity contribution in [2.75, 3.05) is 14.2 Å². The van der Waals surface area contributed by atoms with Gasteiger partial charge in [0.25, 0.3) is 0 Å². The van der Waals surface area contributed by atoms with Gasteiger partial charge in [0.05, 0.1) is 14.2 Å². The summed E-state index contributed by atoms with van der Waals surface area (Å²) in [6, 6.07) is 0. The van der Waals surface area contributed by atoms with E-state index in [1.165, 1.54) is 14.2 Å². The predicted molar refractivity (Wildman–Crippen MR) is 68.7 cm³/mol. The first-order valence-electron chi connectivity index (χ1n) is 6.39. The summed E-state index contributed by atoms with van der Waals surface area (Å²) in [7, 11) is 2.34. The summed E-state index contributed by atoms with van der Waals surface area (Å²) in [6.07, 6.45) is 2.70. The van der Waals surface area contributed by atoms with Crippen LogP contribution in [0.15, 0.2) is 11.6 Å². The highest BCUT2D eigenvalue weighted by molar-refractivity contribution is 6.01. The normalized spacial score (nSPS) is 18.9. The number of methoxy groups -OCH3 is 2. The molecule has 0 aliphatic heterocycles. The zero-order chi connectivity index (χ0) is 15.1. The Hall–Kier alpha value is -1.98. The second-order valence-corrected chi connectivity index (χ2v) is 4.53. The standard InChI is InChI=1S/C14H18O6/c1-19-13(17)11(14(18)20-2)8-9-4-3-5-10(15)6-7-12(9)16/h4,11H,3,5-8H2,1-2H3/b9-4-. The summed E-state index contributed by atoms with van der Waals surface area (Å²) in [5, 5.41) is 0. The van der Waals surface area contributed by atoms with Gasteiger partial charge in [0, 0.05) is 19.3 Å². The van der Waals surface area contributed by atoms with E-state index < -0.39 is 17.9 Å². The maximum atomic E-state index is 11.9. The number of ketones is 2. The number of Topliss-reactive ketones (excluding diaryl/α,β-unsaturated/α-hetero) is 2. The van der Waals surface area contributed by atoms with Gasteiger partial charge in [0.2, 0.25) is 0 Å². The number of carbonyl (C=O) groups excluding carboxylic acids is 4. The molecular weight excluding hydrogens is 264 g/mol. The van der Waals surface area contributed by atoms with Gasteiger partial charge in [0.15, 0.2) is 11.7 Å². The van der Waals surface area contributed by atoms with E-state index >= 15 is 0 Å². The third-order valence-corrected chi connectivity index (χ3v) is 3.20. The van der Waals surface area contributed by atoms with Crippen LogP contribution in [0, 0.1) is 5.92 Å². The summed E-state index contributed by atoms with van der Waals surface area (Å²) >= 11 is 0. The number of hydrogen-bond donors (Lipinski definition) is 0. The van der Waals surface area contributed by atoms with Crippen LogP contribution in [-0.4, -0.2) is 37.7 Å². The minimum absolute atomic E-state index is 0.0473. The van der Waals surface area contributed by atoms with Crippen LogP contribution in [0.5, 0.6) is 0 Å². The quantitative estimate of drug-likeness (QED) is 0.564. The predicted octanol–water partition coefficient (Wildman–Crippen LogP) is 0.977. The third kappa shape index (κ3) is 4.29. The zero-order valence-electron chi connectivity index (χ0n) is 11.6. The fraction of sp³-hybridized carbons (Fsp3) is 0.571. The van der Waals surface area contributed by atoms with Crippen LogP contribution in [0.1, 0.15) is 32.1 Å². The highest BCUT2D eigenvalue weighted by Crippen LogP contribution is 2.21. The maximum Gasteiger partial charge on any atom is 0.320 e. The average molecular weight is 282 g/mol. The molecule has 0 aromatic heterocycles. The highest BCUT2D eigenvalue weighted by Gasteiger charge is 2.31. The SMILES string of the molecule is COC(=O)C(C/C1=C/CCC(=O)CCC1=O)C(=O)OC. The van der Waals surface area contributed by atoms with E-state index in [0.29, 0.717) is 18.4 Å². The molecule has 0 radical (unpaired) electrons. The smallest absolute Gasteiger partial charge is 0.320 e. The van der Waals surface area contributed by atoms with Crippen LogP contribution in [0.4, 0.5) is 0 Å². The van der Waals surface area contributed by atoms with Crippen LogP contribution in [0.2, 0.25) is 0 Å². The number of rotatable bonds is 4. The van der Waals surface area contributed by atoms with Crippen molar-refractivity contribution in [3.05, 3.63) is 11.6 Å². The molecule has 0 aromatic rings. The van der Waals surface area contributed by atoms with E-state index in [1.807, 2.05) is 0 Å². The molecule has 1 rings (SSSR count). The molecular formula is C14H18O6. The lowest BCUT2D eigenvalue weighted by Crippen LogP contribution is -2.28. The van der Waals surface area contributed by atoms with Crippen molar-refractivity contribution < 1.29 is 28.7 Å². The topological polar surface area (TPSA) is 86.7 Å². The molecule has 110 valence electrons. The number of hydrogen-bond acceptors (Lipinski definition) is 6. The first-order chi connectivity index (χ1) is 9.49. The Bertz CT molecular complexity index is 433. The van der Waals surface area contributed by atoms with E-state index in [2.05, 4.69) is 9.47 Å². The van der Waals surface area contributed by atoms with E-state index in [9.17, 15) is 19.2 Å². The molecule has 6 heteroatoms. The van der Waals surface area contributed by atoms with Gasteiger partial charge in [-0.25, -0.2) is 0 Å². The van der Waals surface area contributed by atoms with Gasteiger partial charge in [-0.2, -0.15) is 0 Å². The molecule has 0 saturated carbocycles. The van der Waals surface area contributed by atoms with Gasteiger partial charge in [-0.05, 0) is 18.4 Å². The van der Waals surface area contributed by atoms with Gasteiger partial charge in [-0.1, -0.05) is 6.08 Å². The molecule has 1 aliphatic carbocycles. The van der Waals surface area contributed by atoms with Crippen LogP contribution in [0.3, 0.4) is 0 Å². The summed E-state index contributed by atoms with van der Waals surface area (Å²) in [6.45, 7) is 0. The van der Waals surface area contributed by atoms with Crippen molar-refractivity contribution in [2.45, 2.75) is 32.1 Å². The van der Waals surface area contributed by atoms with Gasteiger partial charge < -0.3 is 9.47 Å². The molecule has 0 fully saturated rings. The van der Waals surface area contributed by atoms with E-state index in [0.717, 1.165) is 0 Å². The Morgan fingerprint density at radius 1 is 1.10 bits per heavy atom. The first kappa shape index (κ1) is 16.1. The fourth-order valence-corrected chi connectivity index (χ4v) is 2.02. The maximum absolute atomic E-state index is 11.9. The molecule has 0 spiro atoms. The van der Waals surface area contributed by atoms with E-state index in [-0.39, 0.29) is 30.8 Å². The molecule has 0 N–H and O–H groups in total. The molecule has 6 nitrogen and oxygen atoms in total. The van der Waals surface area contributed by atoms with Crippen molar-refractivity contribution in [3.63, 3.8) is 0 Å². The molecule has 0 amide bonds. The number of esters is 2. The molecule has 1 aliphatic rings. The lowest BCUT2D eigenvalue weighted by Gasteiger charge is -2.15. The Morgan fingerprint density at radius 3 is 2.25 bits per heavy atom. The van der Waals surface area contributed by atoms with Crippen molar-refractivity contribution in [3.8, 4) is 0 Å². The molecule has 0 aromatic carbocycles. The first-order valence-corrected chi connectivity index (χ1v) is 6.39. The molecule has 0 atom stereocenters. The van der Waals surface area contributed by atoms with Crippen LogP contribution >= 0.6 is 0 Å². The lowest BCUT2D eigenvalue weighted by atomic mass is 9.91. The molecule has 0 saturated heterocycles. The van der Waals surface area contributed by atoms with Gasteiger partial charge in [-0.15, -0.1) is 0 Å². The largest absolute Gasteiger partial charge is 0.468 e. The van der Waals surface area contributed by atoms with Crippen molar-refractivity contribution in [2.24, 2.45) is 5.92 Å². The van der Waals surface area contributed by atoms with Crippen LogP contribution < -0.4 is 0 Å². The molecule has 0 unspecified atom stereocenters. The minimum Gasteiger partial charge on any atom is -0.468 e. The van der Waals surface area contributed by atoms with Crippen molar-refractivity contribution in [1.29, 1.82) is 0 Å². The number of allylic oxidation sites excluding steroid dienone is 2. The second kappa shape index (κ2) is 7.57. The van der Waals surface area contributed by atoms with Crippen molar-refractivity contribution in [1.82, 2.24) is 0 Å². The van der Waals surface area contributed by atoms with Crippen LogP contribution in [-0.2, 0) is 28.7 Å². The van der Waals surface area contributed by atoms with E-state index in [4.69, 9.17) is 0 Å². The second-order valence-electron chi connectivity index (χ2n) is 4.53. The van der Waals surface area contributed by atoms with Crippen LogP contribution in [0.25, 0.3) is 0 Å². The Balaban J connectivity index is 2.87. The monoisotopic (exact) mass is 282 g/mol. The Kier molecular flexibility index (Phi) is 6.09. The summed E-state index contributed by atoms with van der Waals surface area (Å²) < 4.78 is 9.11. The fourth-order valence-electron chi connectivity index (χ4n) is 2.02. The average Bonchev–Trinajstić information content (AvgIpc) is 2.45. The lowest BCUT2D eigenvalue weighted by molar-refractivity contribution is -0.158. The van der Waals surface area contributed by atoms with Gasteiger partial charge >= 0.3 is 11.9 Å². The Labute approximate surface area is 117 Å². The molecule has 20 heavy (non-hydrogen) atoms. The summed E-state index contributed by atoms with van der Waals surface area (Å²) in [5.41, 5.74) is 0.387. The van der Waals surface area contributed by atoms with Gasteiger partial charge in [0.1, 0.15) is 5.78 Å². The highest BCUT2D eigenvalue weighted by atomic mass is 16.5. The zero-order valence-corrected chi connectivity index (χ0v) is 11.6. The van der Waals surface area contributed by atoms with Gasteiger partial charge in [-0.3, -0.25) is 19.2 Å². The third-order valence-electron chi connectivity index (χ3n) is 3.20. The number of ether oxygens (including phenoxy) is 2. The summed E-state index contributed by atoms with van der Waals surface area (Å²) in [4.78, 5) is 46.4. The molecule has 0 bridgehead atoms. The van der Waals surface area contributed by atoms with Crippen molar-refractivity contribution >= 4 is 23.5 Å². The number of carbonyl (C=O) groups is 4. The molecule has 0 heterocycles. The van der Waals surface area contributed by atoms with E-state index in [1.54, 1.807) is 6.08 Å². The summed E-state index contributed by atoms with van der Waals surface area (Å²) in [5.74, 6) is -2.77.